The summed E-state index contributed by atoms with van der Waals surface area (Å²) in [5.41, 5.74) is 5.42. The normalized spacial score (nSPS) is 11.0. The number of benzene rings is 1. The van der Waals surface area contributed by atoms with Gasteiger partial charge in [-0.25, -0.2) is 9.97 Å². The Morgan fingerprint density at radius 2 is 1.92 bits per heavy atom. The number of aromatic nitrogens is 2. The van der Waals surface area contributed by atoms with Crippen molar-refractivity contribution in [1.82, 2.24) is 9.97 Å². The Morgan fingerprint density at radius 1 is 1.12 bits per heavy atom. The Bertz CT molecular complexity index is 918. The van der Waals surface area contributed by atoms with Crippen LogP contribution in [-0.2, 0) is 4.79 Å². The summed E-state index contributed by atoms with van der Waals surface area (Å²) in [7, 11) is 0. The maximum absolute atomic E-state index is 12.1. The number of carbonyl (C=O) groups excluding carboxylic acids is 1. The van der Waals surface area contributed by atoms with E-state index in [4.69, 9.17) is 4.98 Å². The summed E-state index contributed by atoms with van der Waals surface area (Å²) >= 11 is 2.90. The third kappa shape index (κ3) is 3.76. The van der Waals surface area contributed by atoms with E-state index in [9.17, 15) is 4.79 Å². The number of hydrogen-bond donors (Lipinski definition) is 1. The van der Waals surface area contributed by atoms with Crippen LogP contribution in [0.2, 0.25) is 0 Å². The number of aryl methyl sites for hydroxylation is 4. The number of thioether (sulfide) groups is 1. The molecule has 0 aliphatic carbocycles. The van der Waals surface area contributed by atoms with Gasteiger partial charge in [0.1, 0.15) is 5.03 Å². The maximum atomic E-state index is 12.1. The van der Waals surface area contributed by atoms with E-state index in [1.807, 2.05) is 19.2 Å². The molecule has 0 unspecified atom stereocenters. The Labute approximate surface area is 149 Å². The number of anilines is 1. The standard InChI is InChI=1S/C18H19N3OS2/c1-10-5-11(2)14-7-12(3)17(20-15(14)6-10)23-9-16(22)21-18-19-13(4)8-24-18/h5-8H,9H2,1-4H3,(H,19,21,22). The van der Waals surface area contributed by atoms with E-state index < -0.39 is 0 Å². The van der Waals surface area contributed by atoms with Gasteiger partial charge in [-0.05, 0) is 56.5 Å². The molecule has 0 aliphatic heterocycles. The molecule has 0 atom stereocenters. The van der Waals surface area contributed by atoms with Crippen LogP contribution >= 0.6 is 23.1 Å². The first-order valence-electron chi connectivity index (χ1n) is 7.66. The summed E-state index contributed by atoms with van der Waals surface area (Å²) in [6.07, 6.45) is 0. The second-order valence-corrected chi connectivity index (χ2v) is 7.71. The van der Waals surface area contributed by atoms with Crippen molar-refractivity contribution in [3.05, 3.63) is 46.0 Å². The fourth-order valence-electron chi connectivity index (χ4n) is 2.56. The number of rotatable bonds is 4. The summed E-state index contributed by atoms with van der Waals surface area (Å²) < 4.78 is 0. The van der Waals surface area contributed by atoms with Gasteiger partial charge in [0.2, 0.25) is 5.91 Å². The van der Waals surface area contributed by atoms with Crippen molar-refractivity contribution in [1.29, 1.82) is 0 Å². The smallest absolute Gasteiger partial charge is 0.236 e. The zero-order valence-corrected chi connectivity index (χ0v) is 15.8. The second kappa shape index (κ2) is 6.91. The molecular formula is C18H19N3OS2. The molecule has 0 fully saturated rings. The molecule has 0 spiro atoms. The minimum absolute atomic E-state index is 0.0592. The highest BCUT2D eigenvalue weighted by atomic mass is 32.2. The van der Waals surface area contributed by atoms with Crippen LogP contribution in [0.5, 0.6) is 0 Å². The lowest BCUT2D eigenvalue weighted by atomic mass is 10.1. The van der Waals surface area contributed by atoms with E-state index in [0.717, 1.165) is 21.8 Å². The quantitative estimate of drug-likeness (QED) is 0.690. The van der Waals surface area contributed by atoms with Crippen LogP contribution in [0.25, 0.3) is 10.9 Å². The van der Waals surface area contributed by atoms with Crippen molar-refractivity contribution < 1.29 is 4.79 Å². The predicted octanol–water partition coefficient (Wildman–Crippen LogP) is 4.66. The highest BCUT2D eigenvalue weighted by Crippen LogP contribution is 2.27. The summed E-state index contributed by atoms with van der Waals surface area (Å²) in [5.74, 6) is 0.263. The first-order valence-corrected chi connectivity index (χ1v) is 9.52. The second-order valence-electron chi connectivity index (χ2n) is 5.89. The first-order chi connectivity index (χ1) is 11.4. The third-order valence-corrected chi connectivity index (χ3v) is 5.60. The molecule has 1 amide bonds. The van der Waals surface area contributed by atoms with Gasteiger partial charge in [0.15, 0.2) is 5.13 Å². The molecular weight excluding hydrogens is 338 g/mol. The SMILES string of the molecule is Cc1cc(C)c2cc(C)c(SCC(=O)Nc3nc(C)cs3)nc2c1. The van der Waals surface area contributed by atoms with Gasteiger partial charge in [0, 0.05) is 10.8 Å². The van der Waals surface area contributed by atoms with Crippen molar-refractivity contribution >= 4 is 45.0 Å². The number of nitrogens with one attached hydrogen (secondary N) is 1. The van der Waals surface area contributed by atoms with Crippen LogP contribution in [0.1, 0.15) is 22.4 Å². The molecule has 2 aromatic heterocycles. The van der Waals surface area contributed by atoms with Gasteiger partial charge in [-0.2, -0.15) is 0 Å². The molecule has 0 radical (unpaired) electrons. The largest absolute Gasteiger partial charge is 0.301 e. The van der Waals surface area contributed by atoms with Crippen molar-refractivity contribution in [3.8, 4) is 0 Å². The molecule has 4 nitrogen and oxygen atoms in total. The minimum atomic E-state index is -0.0592. The zero-order chi connectivity index (χ0) is 17.3. The average molecular weight is 358 g/mol. The van der Waals surface area contributed by atoms with Gasteiger partial charge in [0.05, 0.1) is 17.0 Å². The lowest BCUT2D eigenvalue weighted by Gasteiger charge is -2.09. The molecule has 0 saturated carbocycles. The van der Waals surface area contributed by atoms with Gasteiger partial charge < -0.3 is 5.32 Å². The molecule has 3 aromatic rings. The Morgan fingerprint density at radius 3 is 2.62 bits per heavy atom. The molecule has 2 heterocycles. The van der Waals surface area contributed by atoms with Gasteiger partial charge in [-0.1, -0.05) is 17.8 Å². The molecule has 24 heavy (non-hydrogen) atoms. The van der Waals surface area contributed by atoms with Crippen molar-refractivity contribution in [3.63, 3.8) is 0 Å². The highest BCUT2D eigenvalue weighted by molar-refractivity contribution is 8.00. The molecule has 0 aliphatic rings. The monoisotopic (exact) mass is 357 g/mol. The number of amides is 1. The topological polar surface area (TPSA) is 54.9 Å². The molecule has 0 saturated heterocycles. The molecule has 3 rings (SSSR count). The van der Waals surface area contributed by atoms with Crippen LogP contribution in [0.3, 0.4) is 0 Å². The molecule has 0 bridgehead atoms. The summed E-state index contributed by atoms with van der Waals surface area (Å²) in [4.78, 5) is 21.1. The van der Waals surface area contributed by atoms with Crippen molar-refractivity contribution in [2.75, 3.05) is 11.1 Å². The van der Waals surface area contributed by atoms with E-state index in [1.165, 1.54) is 39.6 Å². The maximum Gasteiger partial charge on any atom is 0.236 e. The molecule has 1 N–H and O–H groups in total. The third-order valence-electron chi connectivity index (χ3n) is 3.63. The number of fused-ring (bicyclic) bond motifs is 1. The van der Waals surface area contributed by atoms with E-state index in [2.05, 4.69) is 42.3 Å². The van der Waals surface area contributed by atoms with Crippen LogP contribution in [0, 0.1) is 27.7 Å². The Balaban J connectivity index is 1.75. The number of pyridine rings is 1. The number of hydrogen-bond acceptors (Lipinski definition) is 5. The van der Waals surface area contributed by atoms with Crippen LogP contribution in [0.4, 0.5) is 5.13 Å². The molecule has 6 heteroatoms. The van der Waals surface area contributed by atoms with Crippen molar-refractivity contribution in [2.45, 2.75) is 32.7 Å². The average Bonchev–Trinajstić information content (AvgIpc) is 2.91. The highest BCUT2D eigenvalue weighted by Gasteiger charge is 2.10. The van der Waals surface area contributed by atoms with Gasteiger partial charge in [-0.3, -0.25) is 4.79 Å². The number of carbonyl (C=O) groups is 1. The van der Waals surface area contributed by atoms with Crippen LogP contribution in [-0.4, -0.2) is 21.6 Å². The Hall–Kier alpha value is -1.92. The van der Waals surface area contributed by atoms with Crippen LogP contribution < -0.4 is 5.32 Å². The van der Waals surface area contributed by atoms with E-state index in [-0.39, 0.29) is 5.91 Å². The van der Waals surface area contributed by atoms with E-state index in [0.29, 0.717) is 10.9 Å². The van der Waals surface area contributed by atoms with E-state index in [1.54, 1.807) is 0 Å². The van der Waals surface area contributed by atoms with Gasteiger partial charge >= 0.3 is 0 Å². The molecule has 1 aromatic carbocycles. The lowest BCUT2D eigenvalue weighted by Crippen LogP contribution is -2.14. The van der Waals surface area contributed by atoms with Crippen LogP contribution in [0.15, 0.2) is 28.6 Å². The number of nitrogens with zero attached hydrogens (tertiary/aromatic N) is 2. The Kier molecular flexibility index (Phi) is 4.87. The summed E-state index contributed by atoms with van der Waals surface area (Å²) in [5, 5.41) is 7.47. The van der Waals surface area contributed by atoms with Gasteiger partial charge in [-0.15, -0.1) is 11.3 Å². The zero-order valence-electron chi connectivity index (χ0n) is 14.1. The summed E-state index contributed by atoms with van der Waals surface area (Å²) in [6, 6.07) is 6.41. The lowest BCUT2D eigenvalue weighted by molar-refractivity contribution is -0.113. The minimum Gasteiger partial charge on any atom is -0.301 e. The predicted molar refractivity (Wildman–Crippen MR) is 102 cm³/mol. The first kappa shape index (κ1) is 16.9. The van der Waals surface area contributed by atoms with Gasteiger partial charge in [0.25, 0.3) is 0 Å². The summed E-state index contributed by atoms with van der Waals surface area (Å²) in [6.45, 7) is 8.13. The van der Waals surface area contributed by atoms with Crippen molar-refractivity contribution in [2.24, 2.45) is 0 Å². The van der Waals surface area contributed by atoms with E-state index >= 15 is 0 Å². The fourth-order valence-corrected chi connectivity index (χ4v) is 4.05. The molecule has 124 valence electrons. The number of thiazole rings is 1. The fraction of sp³-hybridized carbons (Fsp3) is 0.278.